The van der Waals surface area contributed by atoms with Crippen molar-refractivity contribution >= 4 is 6.21 Å². The monoisotopic (exact) mass is 286 g/mol. The first-order valence-corrected chi connectivity index (χ1v) is 6.75. The topological polar surface area (TPSA) is 72.0 Å². The van der Waals surface area contributed by atoms with Crippen LogP contribution < -0.4 is 5.32 Å². The van der Waals surface area contributed by atoms with Gasteiger partial charge in [0.25, 0.3) is 0 Å². The van der Waals surface area contributed by atoms with Crippen molar-refractivity contribution < 1.29 is 0 Å². The van der Waals surface area contributed by atoms with E-state index in [9.17, 15) is 10.5 Å². The van der Waals surface area contributed by atoms with Gasteiger partial charge in [-0.3, -0.25) is 0 Å². The third-order valence-electron chi connectivity index (χ3n) is 2.91. The standard InChI is InChI=1S/C18H14N4/c19-11-17(21-13-15-7-3-1-4-8-15)18(12-20)22-14-16-9-5-2-6-10-16/h1-10,13,22H,14H2/b18-17-,21-13?. The fourth-order valence-electron chi connectivity index (χ4n) is 1.79. The van der Waals surface area contributed by atoms with E-state index < -0.39 is 0 Å². The van der Waals surface area contributed by atoms with Gasteiger partial charge in [0.1, 0.15) is 12.1 Å². The van der Waals surface area contributed by atoms with Crippen LogP contribution in [0.1, 0.15) is 11.1 Å². The molecule has 106 valence electrons. The number of hydrogen-bond acceptors (Lipinski definition) is 4. The van der Waals surface area contributed by atoms with Crippen molar-refractivity contribution in [1.82, 2.24) is 5.32 Å². The quantitative estimate of drug-likeness (QED) is 0.678. The van der Waals surface area contributed by atoms with Crippen LogP contribution in [0.2, 0.25) is 0 Å². The molecule has 0 saturated carbocycles. The number of nitrogens with zero attached hydrogens (tertiary/aromatic N) is 3. The molecule has 2 rings (SSSR count). The molecule has 0 aliphatic rings. The Hall–Kier alpha value is -3.37. The van der Waals surface area contributed by atoms with Gasteiger partial charge >= 0.3 is 0 Å². The van der Waals surface area contributed by atoms with Crippen molar-refractivity contribution in [3.63, 3.8) is 0 Å². The molecular formula is C18H14N4. The molecule has 0 radical (unpaired) electrons. The molecular weight excluding hydrogens is 272 g/mol. The molecule has 0 spiro atoms. The summed E-state index contributed by atoms with van der Waals surface area (Å²) in [5.41, 5.74) is 2.14. The van der Waals surface area contributed by atoms with Crippen molar-refractivity contribution in [2.45, 2.75) is 6.54 Å². The van der Waals surface area contributed by atoms with Crippen LogP contribution in [0.15, 0.2) is 77.1 Å². The molecule has 2 aromatic carbocycles. The fraction of sp³-hybridized carbons (Fsp3) is 0.0556. The van der Waals surface area contributed by atoms with E-state index in [1.54, 1.807) is 6.21 Å². The average Bonchev–Trinajstić information content (AvgIpc) is 2.59. The largest absolute Gasteiger partial charge is 0.370 e. The fourth-order valence-corrected chi connectivity index (χ4v) is 1.79. The van der Waals surface area contributed by atoms with E-state index in [1.807, 2.05) is 72.8 Å². The summed E-state index contributed by atoms with van der Waals surface area (Å²) in [7, 11) is 0. The normalized spacial score (nSPS) is 11.4. The van der Waals surface area contributed by atoms with Crippen molar-refractivity contribution in [2.24, 2.45) is 4.99 Å². The maximum Gasteiger partial charge on any atom is 0.174 e. The summed E-state index contributed by atoms with van der Waals surface area (Å²) in [4.78, 5) is 4.10. The number of benzene rings is 2. The van der Waals surface area contributed by atoms with Crippen molar-refractivity contribution in [1.29, 1.82) is 10.5 Å². The smallest absolute Gasteiger partial charge is 0.174 e. The highest BCUT2D eigenvalue weighted by molar-refractivity contribution is 5.80. The minimum atomic E-state index is 0.0716. The molecule has 2 aromatic rings. The summed E-state index contributed by atoms with van der Waals surface area (Å²) < 4.78 is 0. The number of nitrogens with one attached hydrogen (secondary N) is 1. The van der Waals surface area contributed by atoms with Gasteiger partial charge in [0.05, 0.1) is 0 Å². The Morgan fingerprint density at radius 2 is 1.59 bits per heavy atom. The summed E-state index contributed by atoms with van der Waals surface area (Å²) in [6.45, 7) is 0.468. The molecule has 4 nitrogen and oxygen atoms in total. The van der Waals surface area contributed by atoms with Crippen LogP contribution in [-0.4, -0.2) is 6.21 Å². The predicted octanol–water partition coefficient (Wildman–Crippen LogP) is 3.15. The zero-order chi connectivity index (χ0) is 15.6. The van der Waals surface area contributed by atoms with Crippen LogP contribution in [0.3, 0.4) is 0 Å². The Labute approximate surface area is 129 Å². The van der Waals surface area contributed by atoms with Gasteiger partial charge in [-0.1, -0.05) is 60.7 Å². The Morgan fingerprint density at radius 1 is 0.955 bits per heavy atom. The Kier molecular flexibility index (Phi) is 5.49. The molecule has 0 amide bonds. The van der Waals surface area contributed by atoms with Gasteiger partial charge in [0.2, 0.25) is 0 Å². The predicted molar refractivity (Wildman–Crippen MR) is 85.6 cm³/mol. The van der Waals surface area contributed by atoms with E-state index in [1.165, 1.54) is 0 Å². The summed E-state index contributed by atoms with van der Waals surface area (Å²) in [5.74, 6) is 0. The van der Waals surface area contributed by atoms with Gasteiger partial charge in [-0.2, -0.15) is 10.5 Å². The molecule has 0 heterocycles. The zero-order valence-electron chi connectivity index (χ0n) is 11.9. The number of allylic oxidation sites excluding steroid dienone is 2. The number of aliphatic imine (C=N–C) groups is 1. The molecule has 0 bridgehead atoms. The van der Waals surface area contributed by atoms with Crippen LogP contribution in [0.4, 0.5) is 0 Å². The van der Waals surface area contributed by atoms with Crippen LogP contribution >= 0.6 is 0 Å². The summed E-state index contributed by atoms with van der Waals surface area (Å²) >= 11 is 0. The van der Waals surface area contributed by atoms with Gasteiger partial charge in [0, 0.05) is 12.8 Å². The molecule has 22 heavy (non-hydrogen) atoms. The van der Waals surface area contributed by atoms with E-state index in [-0.39, 0.29) is 11.4 Å². The average molecular weight is 286 g/mol. The second-order valence-electron chi connectivity index (χ2n) is 4.46. The lowest BCUT2D eigenvalue weighted by Crippen LogP contribution is -2.13. The second kappa shape index (κ2) is 8.04. The minimum Gasteiger partial charge on any atom is -0.370 e. The van der Waals surface area contributed by atoms with E-state index in [0.29, 0.717) is 6.54 Å². The van der Waals surface area contributed by atoms with Gasteiger partial charge in [0.15, 0.2) is 11.4 Å². The molecule has 0 aliphatic carbocycles. The first-order valence-electron chi connectivity index (χ1n) is 6.75. The maximum absolute atomic E-state index is 9.21. The van der Waals surface area contributed by atoms with Gasteiger partial charge < -0.3 is 5.32 Å². The van der Waals surface area contributed by atoms with Gasteiger partial charge in [-0.25, -0.2) is 4.99 Å². The zero-order valence-corrected chi connectivity index (χ0v) is 11.9. The third kappa shape index (κ3) is 4.33. The van der Waals surface area contributed by atoms with Crippen LogP contribution in [-0.2, 0) is 6.54 Å². The summed E-state index contributed by atoms with van der Waals surface area (Å²) in [6.07, 6.45) is 1.57. The minimum absolute atomic E-state index is 0.0716. The van der Waals surface area contributed by atoms with E-state index in [0.717, 1.165) is 11.1 Å². The summed E-state index contributed by atoms with van der Waals surface area (Å²) in [6, 6.07) is 23.0. The molecule has 0 unspecified atom stereocenters. The molecule has 0 saturated heterocycles. The molecule has 0 aromatic heterocycles. The van der Waals surface area contributed by atoms with E-state index in [4.69, 9.17) is 0 Å². The Balaban J connectivity index is 2.14. The molecule has 4 heteroatoms. The van der Waals surface area contributed by atoms with Gasteiger partial charge in [-0.05, 0) is 11.1 Å². The Bertz CT molecular complexity index is 747. The van der Waals surface area contributed by atoms with Crippen molar-refractivity contribution in [2.75, 3.05) is 0 Å². The second-order valence-corrected chi connectivity index (χ2v) is 4.46. The van der Waals surface area contributed by atoms with Crippen LogP contribution in [0.25, 0.3) is 0 Å². The number of hydrogen-bond donors (Lipinski definition) is 1. The maximum atomic E-state index is 9.21. The van der Waals surface area contributed by atoms with Crippen LogP contribution in [0.5, 0.6) is 0 Å². The van der Waals surface area contributed by atoms with E-state index >= 15 is 0 Å². The van der Waals surface area contributed by atoms with Gasteiger partial charge in [-0.15, -0.1) is 0 Å². The van der Waals surface area contributed by atoms with E-state index in [2.05, 4.69) is 10.3 Å². The molecule has 0 aliphatic heterocycles. The van der Waals surface area contributed by atoms with Crippen LogP contribution in [0, 0.1) is 22.7 Å². The first-order chi connectivity index (χ1) is 10.8. The number of rotatable bonds is 5. The summed E-state index contributed by atoms with van der Waals surface area (Å²) in [5, 5.41) is 21.4. The highest BCUT2D eigenvalue weighted by atomic mass is 14.9. The lowest BCUT2D eigenvalue weighted by atomic mass is 10.2. The lowest BCUT2D eigenvalue weighted by molar-refractivity contribution is 0.828. The number of nitriles is 2. The molecule has 0 atom stereocenters. The highest BCUT2D eigenvalue weighted by Crippen LogP contribution is 2.05. The van der Waals surface area contributed by atoms with Crippen molar-refractivity contribution in [3.05, 3.63) is 83.2 Å². The highest BCUT2D eigenvalue weighted by Gasteiger charge is 2.04. The third-order valence-corrected chi connectivity index (χ3v) is 2.91. The molecule has 0 fully saturated rings. The SMILES string of the molecule is N#C/C(N=Cc1ccccc1)=C(\C#N)NCc1ccccc1. The van der Waals surface area contributed by atoms with Crippen molar-refractivity contribution in [3.8, 4) is 12.1 Å². The lowest BCUT2D eigenvalue weighted by Gasteiger charge is -2.05. The Morgan fingerprint density at radius 3 is 2.18 bits per heavy atom. The first kappa shape index (κ1) is 15.0. The molecule has 1 N–H and O–H groups in total.